The predicted octanol–water partition coefficient (Wildman–Crippen LogP) is 3.64. The maximum atomic E-state index is 12.6. The molecule has 0 aliphatic rings. The smallest absolute Gasteiger partial charge is 0.243 e. The van der Waals surface area contributed by atoms with Crippen LogP contribution in [0.1, 0.15) is 6.92 Å². The molecular weight excluding hydrogens is 371 g/mol. The molecule has 24 heavy (non-hydrogen) atoms. The maximum Gasteiger partial charge on any atom is 0.243 e. The van der Waals surface area contributed by atoms with Gasteiger partial charge in [-0.15, -0.1) is 0 Å². The lowest BCUT2D eigenvalue weighted by molar-refractivity contribution is -0.116. The highest BCUT2D eigenvalue weighted by molar-refractivity contribution is 7.89. The van der Waals surface area contributed by atoms with Crippen LogP contribution in [0.25, 0.3) is 0 Å². The van der Waals surface area contributed by atoms with Gasteiger partial charge < -0.3 is 5.32 Å². The normalized spacial score (nSPS) is 11.5. The van der Waals surface area contributed by atoms with Crippen LogP contribution in [-0.2, 0) is 14.8 Å². The van der Waals surface area contributed by atoms with Crippen molar-refractivity contribution in [2.75, 3.05) is 18.4 Å². The van der Waals surface area contributed by atoms with Crippen LogP contribution in [0.2, 0.25) is 10.0 Å². The Hall–Kier alpha value is -1.60. The van der Waals surface area contributed by atoms with Crippen molar-refractivity contribution in [2.24, 2.45) is 0 Å². The van der Waals surface area contributed by atoms with Crippen molar-refractivity contribution in [2.45, 2.75) is 11.8 Å². The summed E-state index contributed by atoms with van der Waals surface area (Å²) in [5, 5.41) is 3.29. The first-order valence-corrected chi connectivity index (χ1v) is 9.34. The Balaban J connectivity index is 2.12. The van der Waals surface area contributed by atoms with Crippen molar-refractivity contribution in [3.8, 4) is 0 Å². The number of nitrogens with one attached hydrogen (secondary N) is 1. The molecule has 0 atom stereocenters. The highest BCUT2D eigenvalue weighted by Crippen LogP contribution is 2.25. The van der Waals surface area contributed by atoms with Gasteiger partial charge in [0.1, 0.15) is 0 Å². The number of sulfonamides is 1. The second-order valence-corrected chi connectivity index (χ2v) is 7.67. The fourth-order valence-electron chi connectivity index (χ4n) is 2.04. The lowest BCUT2D eigenvalue weighted by Crippen LogP contribution is -2.37. The monoisotopic (exact) mass is 386 g/mol. The number of hydrogen-bond acceptors (Lipinski definition) is 3. The lowest BCUT2D eigenvalue weighted by Gasteiger charge is -2.20. The summed E-state index contributed by atoms with van der Waals surface area (Å²) in [6.07, 6.45) is 0. The fraction of sp³-hybridized carbons (Fsp3) is 0.188. The molecule has 5 nitrogen and oxygen atoms in total. The summed E-state index contributed by atoms with van der Waals surface area (Å²) in [6.45, 7) is 1.55. The molecule has 0 aliphatic carbocycles. The van der Waals surface area contributed by atoms with E-state index in [1.54, 1.807) is 37.3 Å². The molecule has 8 heteroatoms. The van der Waals surface area contributed by atoms with Crippen molar-refractivity contribution < 1.29 is 13.2 Å². The molecule has 0 unspecified atom stereocenters. The van der Waals surface area contributed by atoms with Gasteiger partial charge in [-0.05, 0) is 30.3 Å². The average molecular weight is 387 g/mol. The first-order chi connectivity index (χ1) is 11.3. The number of carbonyl (C=O) groups is 1. The molecule has 0 aromatic heterocycles. The Morgan fingerprint density at radius 1 is 1.08 bits per heavy atom. The number of carbonyl (C=O) groups excluding carboxylic acids is 1. The zero-order valence-electron chi connectivity index (χ0n) is 12.9. The number of rotatable bonds is 6. The van der Waals surface area contributed by atoms with Crippen molar-refractivity contribution in [1.29, 1.82) is 0 Å². The molecule has 2 aromatic carbocycles. The second-order valence-electron chi connectivity index (χ2n) is 4.92. The van der Waals surface area contributed by atoms with Crippen LogP contribution in [0.15, 0.2) is 53.4 Å². The minimum Gasteiger partial charge on any atom is -0.325 e. The molecule has 0 saturated carbocycles. The first kappa shape index (κ1) is 18.7. The molecular formula is C16H16Cl2N2O3S. The SMILES string of the molecule is CCN(CC(=O)Nc1ccc(Cl)c(Cl)c1)S(=O)(=O)c1ccccc1. The van der Waals surface area contributed by atoms with E-state index in [0.29, 0.717) is 15.7 Å². The summed E-state index contributed by atoms with van der Waals surface area (Å²) in [7, 11) is -3.73. The van der Waals surface area contributed by atoms with Crippen LogP contribution < -0.4 is 5.32 Å². The van der Waals surface area contributed by atoms with Gasteiger partial charge >= 0.3 is 0 Å². The van der Waals surface area contributed by atoms with Crippen molar-refractivity contribution >= 4 is 44.8 Å². The fourth-order valence-corrected chi connectivity index (χ4v) is 3.77. The van der Waals surface area contributed by atoms with Crippen molar-refractivity contribution in [3.05, 3.63) is 58.6 Å². The van der Waals surface area contributed by atoms with Crippen LogP contribution >= 0.6 is 23.2 Å². The molecule has 1 N–H and O–H groups in total. The number of likely N-dealkylation sites (N-methyl/N-ethyl adjacent to an activating group) is 1. The summed E-state index contributed by atoms with van der Waals surface area (Å²) >= 11 is 11.7. The largest absolute Gasteiger partial charge is 0.325 e. The van der Waals surface area contributed by atoms with Crippen molar-refractivity contribution in [1.82, 2.24) is 4.31 Å². The van der Waals surface area contributed by atoms with Gasteiger partial charge in [0, 0.05) is 12.2 Å². The summed E-state index contributed by atoms with van der Waals surface area (Å²) in [4.78, 5) is 12.3. The molecule has 2 rings (SSSR count). The quantitative estimate of drug-likeness (QED) is 0.823. The summed E-state index contributed by atoms with van der Waals surface area (Å²) in [6, 6.07) is 12.6. The number of anilines is 1. The standard InChI is InChI=1S/C16H16Cl2N2O3S/c1-2-20(24(22,23)13-6-4-3-5-7-13)11-16(21)19-12-8-9-14(17)15(18)10-12/h3-10H,2,11H2,1H3,(H,19,21). The Bertz CT molecular complexity index is 826. The van der Waals surface area contributed by atoms with Gasteiger partial charge in [-0.3, -0.25) is 4.79 Å². The van der Waals surface area contributed by atoms with E-state index in [0.717, 1.165) is 4.31 Å². The van der Waals surface area contributed by atoms with Gasteiger partial charge in [0.05, 0.1) is 21.5 Å². The van der Waals surface area contributed by atoms with E-state index in [1.807, 2.05) is 0 Å². The molecule has 0 spiro atoms. The maximum absolute atomic E-state index is 12.6. The van der Waals surface area contributed by atoms with E-state index >= 15 is 0 Å². The first-order valence-electron chi connectivity index (χ1n) is 7.14. The third-order valence-electron chi connectivity index (χ3n) is 3.26. The zero-order chi connectivity index (χ0) is 17.7. The molecule has 0 bridgehead atoms. The number of hydrogen-bond donors (Lipinski definition) is 1. The van der Waals surface area contributed by atoms with Crippen molar-refractivity contribution in [3.63, 3.8) is 0 Å². The molecule has 0 fully saturated rings. The van der Waals surface area contributed by atoms with Gasteiger partial charge in [0.15, 0.2) is 0 Å². The van der Waals surface area contributed by atoms with Gasteiger partial charge in [-0.25, -0.2) is 8.42 Å². The van der Waals surface area contributed by atoms with Crippen LogP contribution in [0.4, 0.5) is 5.69 Å². The van der Waals surface area contributed by atoms with E-state index < -0.39 is 15.9 Å². The third-order valence-corrected chi connectivity index (χ3v) is 5.93. The molecule has 0 radical (unpaired) electrons. The number of halogens is 2. The predicted molar refractivity (Wildman–Crippen MR) is 96.0 cm³/mol. The Morgan fingerprint density at radius 3 is 2.33 bits per heavy atom. The Kier molecular flexibility index (Phi) is 6.23. The van der Waals surface area contributed by atoms with E-state index in [1.165, 1.54) is 18.2 Å². The van der Waals surface area contributed by atoms with Crippen LogP contribution in [0, 0.1) is 0 Å². The minimum absolute atomic E-state index is 0.147. The van der Waals surface area contributed by atoms with E-state index in [9.17, 15) is 13.2 Å². The lowest BCUT2D eigenvalue weighted by atomic mass is 10.3. The van der Waals surface area contributed by atoms with Gasteiger partial charge in [-0.2, -0.15) is 4.31 Å². The summed E-state index contributed by atoms with van der Waals surface area (Å²) in [5.74, 6) is -0.463. The van der Waals surface area contributed by atoms with Gasteiger partial charge in [0.25, 0.3) is 0 Å². The Morgan fingerprint density at radius 2 is 1.75 bits per heavy atom. The minimum atomic E-state index is -3.73. The topological polar surface area (TPSA) is 66.5 Å². The third kappa shape index (κ3) is 4.48. The molecule has 0 aliphatic heterocycles. The number of amides is 1. The van der Waals surface area contributed by atoms with E-state index in [-0.39, 0.29) is 18.0 Å². The average Bonchev–Trinajstić information content (AvgIpc) is 2.56. The molecule has 0 saturated heterocycles. The van der Waals surface area contributed by atoms with Gasteiger partial charge in [0.2, 0.25) is 15.9 Å². The summed E-state index contributed by atoms with van der Waals surface area (Å²) in [5.41, 5.74) is 0.447. The van der Waals surface area contributed by atoms with Crippen LogP contribution in [0.5, 0.6) is 0 Å². The van der Waals surface area contributed by atoms with Crippen LogP contribution in [0.3, 0.4) is 0 Å². The van der Waals surface area contributed by atoms with E-state index in [2.05, 4.69) is 5.32 Å². The molecule has 1 amide bonds. The summed E-state index contributed by atoms with van der Waals surface area (Å²) < 4.78 is 26.2. The van der Waals surface area contributed by atoms with E-state index in [4.69, 9.17) is 23.2 Å². The molecule has 0 heterocycles. The zero-order valence-corrected chi connectivity index (χ0v) is 15.2. The second kappa shape index (κ2) is 7.98. The molecule has 2 aromatic rings. The Labute approximate surface area is 151 Å². The van der Waals surface area contributed by atoms with Crippen LogP contribution in [-0.4, -0.2) is 31.7 Å². The van der Waals surface area contributed by atoms with Gasteiger partial charge in [-0.1, -0.05) is 48.3 Å². The number of nitrogens with zero attached hydrogens (tertiary/aromatic N) is 1. The number of benzene rings is 2. The molecule has 128 valence electrons. The highest BCUT2D eigenvalue weighted by Gasteiger charge is 2.25. The highest BCUT2D eigenvalue weighted by atomic mass is 35.5.